The first-order chi connectivity index (χ1) is 17.0. The predicted molar refractivity (Wildman–Crippen MR) is 129 cm³/mol. The normalized spacial score (nSPS) is 19.1. The molecule has 3 aromatic carbocycles. The first-order valence-corrected chi connectivity index (χ1v) is 11.2. The molecule has 6 rings (SSSR count). The van der Waals surface area contributed by atoms with Crippen molar-refractivity contribution in [2.45, 2.75) is 18.5 Å². The van der Waals surface area contributed by atoms with E-state index < -0.39 is 30.0 Å². The summed E-state index contributed by atoms with van der Waals surface area (Å²) in [6.45, 7) is 0. The Morgan fingerprint density at radius 2 is 1.80 bits per heavy atom. The van der Waals surface area contributed by atoms with Gasteiger partial charge in [-0.25, -0.2) is 14.5 Å². The van der Waals surface area contributed by atoms with Crippen LogP contribution in [0.25, 0.3) is 10.9 Å². The van der Waals surface area contributed by atoms with Crippen LogP contribution in [0.4, 0.5) is 10.5 Å². The molecule has 1 saturated heterocycles. The second-order valence-electron chi connectivity index (χ2n) is 8.65. The minimum absolute atomic E-state index is 0.0716. The molecule has 2 aliphatic rings. The molecule has 2 atom stereocenters. The van der Waals surface area contributed by atoms with Crippen LogP contribution in [0.5, 0.6) is 5.75 Å². The second-order valence-corrected chi connectivity index (χ2v) is 8.65. The van der Waals surface area contributed by atoms with Gasteiger partial charge in [-0.05, 0) is 41.5 Å². The minimum Gasteiger partial charge on any atom is -0.497 e. The number of carbonyl (C=O) groups excluding carboxylic acids is 2. The van der Waals surface area contributed by atoms with Crippen LogP contribution in [-0.2, 0) is 11.2 Å². The Morgan fingerprint density at radius 3 is 2.60 bits per heavy atom. The van der Waals surface area contributed by atoms with E-state index in [2.05, 4.69) is 4.98 Å². The second kappa shape index (κ2) is 7.73. The van der Waals surface area contributed by atoms with Crippen LogP contribution in [0, 0.1) is 0 Å². The van der Waals surface area contributed by atoms with Crippen LogP contribution in [0.15, 0.2) is 72.8 Å². The number of hydrogen-bond donors (Lipinski definition) is 2. The summed E-state index contributed by atoms with van der Waals surface area (Å²) < 4.78 is 5.43. The summed E-state index contributed by atoms with van der Waals surface area (Å²) in [4.78, 5) is 45.5. The van der Waals surface area contributed by atoms with Gasteiger partial charge in [-0.15, -0.1) is 0 Å². The summed E-state index contributed by atoms with van der Waals surface area (Å²) in [5.41, 5.74) is 3.50. The van der Waals surface area contributed by atoms with Gasteiger partial charge in [0.25, 0.3) is 5.91 Å². The Balaban J connectivity index is 1.56. The molecule has 0 saturated carbocycles. The molecule has 174 valence electrons. The zero-order valence-electron chi connectivity index (χ0n) is 18.8. The summed E-state index contributed by atoms with van der Waals surface area (Å²) in [5.74, 6) is -1.01. The van der Waals surface area contributed by atoms with Gasteiger partial charge in [0.05, 0.1) is 18.4 Å². The minimum atomic E-state index is -1.20. The zero-order chi connectivity index (χ0) is 24.3. The number of ether oxygens (including phenoxy) is 1. The highest BCUT2D eigenvalue weighted by molar-refractivity contribution is 6.23. The highest BCUT2D eigenvalue weighted by Gasteiger charge is 2.53. The molecule has 8 heteroatoms. The van der Waals surface area contributed by atoms with E-state index in [0.717, 1.165) is 32.6 Å². The molecule has 1 fully saturated rings. The Hall–Kier alpha value is -4.59. The Labute approximate surface area is 200 Å². The van der Waals surface area contributed by atoms with Crippen molar-refractivity contribution >= 4 is 34.5 Å². The summed E-state index contributed by atoms with van der Waals surface area (Å²) >= 11 is 0. The first-order valence-electron chi connectivity index (χ1n) is 11.2. The highest BCUT2D eigenvalue weighted by atomic mass is 16.5. The number of carboxylic acid groups (broad SMARTS) is 1. The maximum Gasteiger partial charge on any atom is 0.337 e. The number of para-hydroxylation sites is 2. The zero-order valence-corrected chi connectivity index (χ0v) is 18.8. The Kier molecular flexibility index (Phi) is 4.63. The van der Waals surface area contributed by atoms with E-state index in [1.54, 1.807) is 24.1 Å². The van der Waals surface area contributed by atoms with Crippen molar-refractivity contribution in [1.82, 2.24) is 9.88 Å². The number of H-pyrrole nitrogens is 1. The Morgan fingerprint density at radius 1 is 1.03 bits per heavy atom. The van der Waals surface area contributed by atoms with E-state index in [9.17, 15) is 19.5 Å². The average molecular weight is 467 g/mol. The number of carboxylic acids is 1. The Bertz CT molecular complexity index is 1520. The molecule has 1 aromatic heterocycles. The van der Waals surface area contributed by atoms with Gasteiger partial charge in [0.1, 0.15) is 17.8 Å². The van der Waals surface area contributed by atoms with Gasteiger partial charge in [0.15, 0.2) is 0 Å². The van der Waals surface area contributed by atoms with Crippen molar-refractivity contribution in [3.63, 3.8) is 0 Å². The van der Waals surface area contributed by atoms with E-state index >= 15 is 0 Å². The van der Waals surface area contributed by atoms with Gasteiger partial charge in [0.2, 0.25) is 0 Å². The number of nitrogens with zero attached hydrogens (tertiary/aromatic N) is 2. The number of benzene rings is 3. The smallest absolute Gasteiger partial charge is 0.337 e. The van der Waals surface area contributed by atoms with Crippen LogP contribution >= 0.6 is 0 Å². The van der Waals surface area contributed by atoms with Crippen molar-refractivity contribution < 1.29 is 24.2 Å². The molecular formula is C27H21N3O5. The number of carbonyl (C=O) groups is 3. The van der Waals surface area contributed by atoms with Crippen molar-refractivity contribution in [2.24, 2.45) is 0 Å². The van der Waals surface area contributed by atoms with Crippen LogP contribution < -0.4 is 9.64 Å². The van der Waals surface area contributed by atoms with Gasteiger partial charge < -0.3 is 14.8 Å². The lowest BCUT2D eigenvalue weighted by atomic mass is 9.89. The first kappa shape index (κ1) is 21.0. The topological polar surface area (TPSA) is 103 Å². The molecular weight excluding hydrogens is 446 g/mol. The molecule has 0 bridgehead atoms. The van der Waals surface area contributed by atoms with Crippen molar-refractivity contribution in [3.8, 4) is 5.75 Å². The maximum atomic E-state index is 13.9. The molecule has 3 amide bonds. The number of aromatic amines is 1. The number of methoxy groups -OCH3 is 1. The van der Waals surface area contributed by atoms with Crippen molar-refractivity contribution in [3.05, 3.63) is 95.2 Å². The molecule has 0 aliphatic carbocycles. The quantitative estimate of drug-likeness (QED) is 0.434. The van der Waals surface area contributed by atoms with E-state index in [1.807, 2.05) is 48.5 Å². The molecule has 2 N–H and O–H groups in total. The third-order valence-electron chi connectivity index (χ3n) is 6.83. The lowest BCUT2D eigenvalue weighted by Crippen LogP contribution is -2.44. The van der Waals surface area contributed by atoms with Crippen LogP contribution in [0.2, 0.25) is 0 Å². The van der Waals surface area contributed by atoms with E-state index in [1.165, 1.54) is 12.1 Å². The summed E-state index contributed by atoms with van der Waals surface area (Å²) in [5, 5.41) is 10.7. The van der Waals surface area contributed by atoms with Crippen LogP contribution in [-0.4, -0.2) is 46.0 Å². The fraction of sp³-hybridized carbons (Fsp3) is 0.148. The highest BCUT2D eigenvalue weighted by Crippen LogP contribution is 2.45. The third-order valence-corrected chi connectivity index (χ3v) is 6.83. The van der Waals surface area contributed by atoms with Gasteiger partial charge in [-0.3, -0.25) is 9.69 Å². The van der Waals surface area contributed by atoms with Gasteiger partial charge >= 0.3 is 12.0 Å². The fourth-order valence-electron chi connectivity index (χ4n) is 5.30. The molecule has 4 aromatic rings. The number of anilines is 1. The molecule has 0 spiro atoms. The SMILES string of the molecule is COc1cccc([C@@H]2c3[nH]c4ccccc4c3C[C@@H]3C(=O)N(c4ccccc4C(=O)O)C(=O)N23)c1. The summed E-state index contributed by atoms with van der Waals surface area (Å²) in [6, 6.07) is 19.5. The van der Waals surface area contributed by atoms with E-state index in [0.29, 0.717) is 12.2 Å². The number of hydrogen-bond acceptors (Lipinski definition) is 4. The number of rotatable bonds is 4. The largest absolute Gasteiger partial charge is 0.497 e. The fourth-order valence-corrected chi connectivity index (χ4v) is 5.30. The van der Waals surface area contributed by atoms with Crippen molar-refractivity contribution in [1.29, 1.82) is 0 Å². The molecule has 0 unspecified atom stereocenters. The predicted octanol–water partition coefficient (Wildman–Crippen LogP) is 4.36. The summed E-state index contributed by atoms with van der Waals surface area (Å²) in [6.07, 6.45) is 0.329. The van der Waals surface area contributed by atoms with Gasteiger partial charge in [-0.1, -0.05) is 42.5 Å². The number of fused-ring (bicyclic) bond motifs is 4. The molecule has 8 nitrogen and oxygen atoms in total. The van der Waals surface area contributed by atoms with Crippen molar-refractivity contribution in [2.75, 3.05) is 12.0 Å². The molecule has 0 radical (unpaired) electrons. The summed E-state index contributed by atoms with van der Waals surface area (Å²) in [7, 11) is 1.58. The lowest BCUT2D eigenvalue weighted by molar-refractivity contribution is -0.120. The number of imide groups is 1. The number of nitrogens with one attached hydrogen (secondary N) is 1. The standard InChI is InChI=1S/C27H21N3O5/c1-35-16-8-6-7-15(13-16)24-23-19(17-9-2-4-11-20(17)28-23)14-22-25(31)30(27(34)29(22)24)21-12-5-3-10-18(21)26(32)33/h2-13,22,24,28H,14H2,1H3,(H,32,33)/t22-,24-/m1/s1. The molecule has 35 heavy (non-hydrogen) atoms. The monoisotopic (exact) mass is 467 g/mol. The number of amides is 3. The van der Waals surface area contributed by atoms with Gasteiger partial charge in [-0.2, -0.15) is 0 Å². The number of aromatic carboxylic acids is 1. The average Bonchev–Trinajstić information content (AvgIpc) is 3.37. The van der Waals surface area contributed by atoms with E-state index in [-0.39, 0.29) is 11.3 Å². The number of urea groups is 1. The molecule has 2 aliphatic heterocycles. The van der Waals surface area contributed by atoms with Crippen LogP contribution in [0.3, 0.4) is 0 Å². The molecule has 3 heterocycles. The van der Waals surface area contributed by atoms with Gasteiger partial charge in [0, 0.05) is 23.0 Å². The number of aromatic nitrogens is 1. The third kappa shape index (κ3) is 3.03. The lowest BCUT2D eigenvalue weighted by Gasteiger charge is -2.36. The van der Waals surface area contributed by atoms with Crippen LogP contribution in [0.1, 0.15) is 33.2 Å². The maximum absolute atomic E-state index is 13.9. The van der Waals surface area contributed by atoms with E-state index in [4.69, 9.17) is 4.74 Å².